The molecule has 7 nitrogen and oxygen atoms in total. The van der Waals surface area contributed by atoms with E-state index in [-0.39, 0.29) is 13.0 Å². The Labute approximate surface area is 115 Å². The number of carbonyl (C=O) groups is 3. The predicted octanol–water partition coefficient (Wildman–Crippen LogP) is 0.453. The van der Waals surface area contributed by atoms with Gasteiger partial charge in [-0.05, 0) is 12.1 Å². The zero-order chi connectivity index (χ0) is 15.0. The van der Waals surface area contributed by atoms with E-state index in [1.54, 1.807) is 24.3 Å². The van der Waals surface area contributed by atoms with Crippen LogP contribution in [-0.4, -0.2) is 52.7 Å². The van der Waals surface area contributed by atoms with Crippen LogP contribution in [0, 0.1) is 0 Å². The summed E-state index contributed by atoms with van der Waals surface area (Å²) in [5, 5.41) is 17.3. The van der Waals surface area contributed by atoms with Crippen LogP contribution in [-0.2, 0) is 14.4 Å². The minimum Gasteiger partial charge on any atom is -0.493 e. The molecule has 0 unspecified atom stereocenters. The maximum absolute atomic E-state index is 11.7. The molecular weight excluding hydrogens is 266 g/mol. The number of hydrogen-bond donors (Lipinski definition) is 2. The van der Waals surface area contributed by atoms with Crippen LogP contribution in [0.1, 0.15) is 6.42 Å². The van der Waals surface area contributed by atoms with E-state index < -0.39 is 30.9 Å². The summed E-state index contributed by atoms with van der Waals surface area (Å²) in [6, 6.07) is 8.81. The standard InChI is InChI=1S/C13H15NO6/c15-11(14(8-12(16)17)9-13(18)19)6-7-20-10-4-2-1-3-5-10/h1-5H,6-9H2,(H,16,17)(H,18,19). The molecule has 0 aliphatic rings. The number of rotatable bonds is 8. The number of carboxylic acid groups (broad SMARTS) is 2. The normalized spacial score (nSPS) is 9.80. The van der Waals surface area contributed by atoms with E-state index in [2.05, 4.69) is 0 Å². The molecule has 108 valence electrons. The summed E-state index contributed by atoms with van der Waals surface area (Å²) in [6.07, 6.45) is -0.0878. The monoisotopic (exact) mass is 281 g/mol. The molecule has 0 heterocycles. The summed E-state index contributed by atoms with van der Waals surface area (Å²) in [6.45, 7) is -1.23. The van der Waals surface area contributed by atoms with Crippen LogP contribution in [0.25, 0.3) is 0 Å². The van der Waals surface area contributed by atoms with Gasteiger partial charge in [0.2, 0.25) is 5.91 Å². The number of hydrogen-bond acceptors (Lipinski definition) is 4. The van der Waals surface area contributed by atoms with Gasteiger partial charge in [0.1, 0.15) is 18.8 Å². The van der Waals surface area contributed by atoms with E-state index in [1.807, 2.05) is 6.07 Å². The van der Waals surface area contributed by atoms with E-state index >= 15 is 0 Å². The Morgan fingerprint density at radius 3 is 2.05 bits per heavy atom. The number of amides is 1. The lowest BCUT2D eigenvalue weighted by molar-refractivity contribution is -0.149. The van der Waals surface area contributed by atoms with Crippen LogP contribution in [0.5, 0.6) is 5.75 Å². The van der Waals surface area contributed by atoms with E-state index in [0.717, 1.165) is 4.90 Å². The van der Waals surface area contributed by atoms with Gasteiger partial charge in [-0.1, -0.05) is 18.2 Å². The maximum atomic E-state index is 11.7. The minimum atomic E-state index is -1.26. The van der Waals surface area contributed by atoms with Crippen LogP contribution in [0.15, 0.2) is 30.3 Å². The zero-order valence-electron chi connectivity index (χ0n) is 10.7. The molecule has 1 aromatic rings. The van der Waals surface area contributed by atoms with Gasteiger partial charge in [-0.15, -0.1) is 0 Å². The van der Waals surface area contributed by atoms with Gasteiger partial charge in [0.05, 0.1) is 13.0 Å². The number of nitrogens with zero attached hydrogens (tertiary/aromatic N) is 1. The Morgan fingerprint density at radius 1 is 1.00 bits per heavy atom. The molecule has 0 radical (unpaired) electrons. The van der Waals surface area contributed by atoms with Crippen LogP contribution < -0.4 is 4.74 Å². The molecule has 0 saturated carbocycles. The molecule has 7 heteroatoms. The third-order valence-electron chi connectivity index (χ3n) is 2.33. The third-order valence-corrected chi connectivity index (χ3v) is 2.33. The average molecular weight is 281 g/mol. The smallest absolute Gasteiger partial charge is 0.323 e. The molecule has 1 aromatic carbocycles. The minimum absolute atomic E-state index is 0.0542. The first-order valence-electron chi connectivity index (χ1n) is 5.88. The Kier molecular flexibility index (Phi) is 6.02. The molecule has 20 heavy (non-hydrogen) atoms. The highest BCUT2D eigenvalue weighted by Crippen LogP contribution is 2.08. The molecule has 0 bridgehead atoms. The molecule has 1 rings (SSSR count). The Bertz CT molecular complexity index is 457. The van der Waals surface area contributed by atoms with E-state index in [0.29, 0.717) is 5.75 Å². The Balaban J connectivity index is 2.45. The lowest BCUT2D eigenvalue weighted by Gasteiger charge is -2.18. The van der Waals surface area contributed by atoms with Gasteiger partial charge in [-0.2, -0.15) is 0 Å². The van der Waals surface area contributed by atoms with Crippen molar-refractivity contribution >= 4 is 17.8 Å². The zero-order valence-corrected chi connectivity index (χ0v) is 10.7. The number of ether oxygens (including phenoxy) is 1. The first kappa shape index (κ1) is 15.5. The molecule has 0 aliphatic heterocycles. The van der Waals surface area contributed by atoms with Crippen molar-refractivity contribution in [2.75, 3.05) is 19.7 Å². The van der Waals surface area contributed by atoms with Crippen LogP contribution >= 0.6 is 0 Å². The van der Waals surface area contributed by atoms with E-state index in [1.165, 1.54) is 0 Å². The number of carboxylic acids is 2. The highest BCUT2D eigenvalue weighted by atomic mass is 16.5. The van der Waals surface area contributed by atoms with E-state index in [4.69, 9.17) is 14.9 Å². The highest BCUT2D eigenvalue weighted by Gasteiger charge is 2.19. The Morgan fingerprint density at radius 2 is 1.55 bits per heavy atom. The summed E-state index contributed by atoms with van der Waals surface area (Å²) in [5.74, 6) is -2.51. The van der Waals surface area contributed by atoms with Crippen molar-refractivity contribution in [2.45, 2.75) is 6.42 Å². The summed E-state index contributed by atoms with van der Waals surface area (Å²) >= 11 is 0. The molecule has 0 atom stereocenters. The fourth-order valence-corrected chi connectivity index (χ4v) is 1.49. The number of aliphatic carboxylic acids is 2. The van der Waals surface area contributed by atoms with Crippen LogP contribution in [0.3, 0.4) is 0 Å². The lowest BCUT2D eigenvalue weighted by atomic mass is 10.3. The van der Waals surface area contributed by atoms with Gasteiger partial charge in [0, 0.05) is 0 Å². The largest absolute Gasteiger partial charge is 0.493 e. The molecule has 1 amide bonds. The summed E-state index contributed by atoms with van der Waals surface area (Å²) in [7, 11) is 0. The molecule has 0 aliphatic carbocycles. The molecule has 0 spiro atoms. The van der Waals surface area contributed by atoms with Gasteiger partial charge in [0.15, 0.2) is 0 Å². The maximum Gasteiger partial charge on any atom is 0.323 e. The molecule has 0 saturated heterocycles. The molecule has 0 fully saturated rings. The first-order chi connectivity index (χ1) is 9.49. The van der Waals surface area contributed by atoms with E-state index in [9.17, 15) is 14.4 Å². The average Bonchev–Trinajstić information content (AvgIpc) is 2.38. The second kappa shape index (κ2) is 7.78. The van der Waals surface area contributed by atoms with Crippen LogP contribution in [0.4, 0.5) is 0 Å². The SMILES string of the molecule is O=C(O)CN(CC(=O)O)C(=O)CCOc1ccccc1. The fourth-order valence-electron chi connectivity index (χ4n) is 1.49. The van der Waals surface area contributed by atoms with Gasteiger partial charge >= 0.3 is 11.9 Å². The fraction of sp³-hybridized carbons (Fsp3) is 0.308. The predicted molar refractivity (Wildman–Crippen MR) is 68.4 cm³/mol. The summed E-state index contributed by atoms with van der Waals surface area (Å²) < 4.78 is 5.29. The number of carbonyl (C=O) groups excluding carboxylic acids is 1. The third kappa shape index (κ3) is 5.85. The number of benzene rings is 1. The second-order valence-corrected chi connectivity index (χ2v) is 3.95. The van der Waals surface area contributed by atoms with Crippen LogP contribution in [0.2, 0.25) is 0 Å². The summed E-state index contributed by atoms with van der Waals surface area (Å²) in [4.78, 5) is 33.6. The van der Waals surface area contributed by atoms with Crippen molar-refractivity contribution in [1.82, 2.24) is 4.90 Å². The van der Waals surface area contributed by atoms with Gasteiger partial charge in [-0.3, -0.25) is 14.4 Å². The first-order valence-corrected chi connectivity index (χ1v) is 5.88. The topological polar surface area (TPSA) is 104 Å². The van der Waals surface area contributed by atoms with Gasteiger partial charge in [0.25, 0.3) is 0 Å². The molecular formula is C13H15NO6. The van der Waals surface area contributed by atoms with Crippen molar-refractivity contribution in [3.63, 3.8) is 0 Å². The number of para-hydroxylation sites is 1. The van der Waals surface area contributed by atoms with Gasteiger partial charge in [-0.25, -0.2) is 0 Å². The van der Waals surface area contributed by atoms with Crippen molar-refractivity contribution in [1.29, 1.82) is 0 Å². The molecule has 2 N–H and O–H groups in total. The van der Waals surface area contributed by atoms with Crippen molar-refractivity contribution in [2.24, 2.45) is 0 Å². The molecule has 0 aromatic heterocycles. The second-order valence-electron chi connectivity index (χ2n) is 3.95. The van der Waals surface area contributed by atoms with Crippen molar-refractivity contribution in [3.05, 3.63) is 30.3 Å². The quantitative estimate of drug-likeness (QED) is 0.717. The van der Waals surface area contributed by atoms with Crippen molar-refractivity contribution in [3.8, 4) is 5.75 Å². The Hall–Kier alpha value is -2.57. The summed E-state index contributed by atoms with van der Waals surface area (Å²) in [5.41, 5.74) is 0. The van der Waals surface area contributed by atoms with Crippen molar-refractivity contribution < 1.29 is 29.3 Å². The van der Waals surface area contributed by atoms with Gasteiger partial charge < -0.3 is 19.8 Å². The lowest BCUT2D eigenvalue weighted by Crippen LogP contribution is -2.39. The highest BCUT2D eigenvalue weighted by molar-refractivity contribution is 5.85.